The summed E-state index contributed by atoms with van der Waals surface area (Å²) in [5.74, 6) is -2.33. The molecule has 2 rings (SSSR count). The van der Waals surface area contributed by atoms with Crippen molar-refractivity contribution in [2.75, 3.05) is 25.2 Å². The molecule has 1 aromatic rings. The van der Waals surface area contributed by atoms with Crippen LogP contribution in [0.1, 0.15) is 0 Å². The zero-order chi connectivity index (χ0) is 16.7. The largest absolute Gasteiger partial charge is 0.430 e. The lowest BCUT2D eigenvalue weighted by Gasteiger charge is -2.36. The number of benzene rings is 1. The van der Waals surface area contributed by atoms with Crippen LogP contribution in [0.25, 0.3) is 0 Å². The van der Waals surface area contributed by atoms with Gasteiger partial charge >= 0.3 is 11.9 Å². The van der Waals surface area contributed by atoms with E-state index in [1.165, 1.54) is 0 Å². The van der Waals surface area contributed by atoms with Gasteiger partial charge in [0.25, 0.3) is 0 Å². The normalized spacial score (nSPS) is 15.8. The zero-order valence-corrected chi connectivity index (χ0v) is 11.2. The molecule has 0 spiro atoms. The van der Waals surface area contributed by atoms with E-state index in [0.717, 1.165) is 22.9 Å². The summed E-state index contributed by atoms with van der Waals surface area (Å²) in [6.45, 7) is -0.632. The SMILES string of the molecule is CN1CN(c2cc(F)c([N+](=O)[O-])cc2F)CC=C1C(F)(F)F. The van der Waals surface area contributed by atoms with Crippen molar-refractivity contribution in [3.05, 3.63) is 45.7 Å². The summed E-state index contributed by atoms with van der Waals surface area (Å²) in [5, 5.41) is 10.5. The summed E-state index contributed by atoms with van der Waals surface area (Å²) in [4.78, 5) is 11.4. The van der Waals surface area contributed by atoms with Crippen LogP contribution in [-0.2, 0) is 0 Å². The van der Waals surface area contributed by atoms with E-state index in [1.54, 1.807) is 0 Å². The number of nitro groups is 1. The average molecular weight is 323 g/mol. The van der Waals surface area contributed by atoms with E-state index in [-0.39, 0.29) is 18.9 Å². The van der Waals surface area contributed by atoms with Crippen molar-refractivity contribution in [1.29, 1.82) is 0 Å². The summed E-state index contributed by atoms with van der Waals surface area (Å²) in [5.41, 5.74) is -2.25. The van der Waals surface area contributed by atoms with Gasteiger partial charge in [0.15, 0.2) is 5.82 Å². The van der Waals surface area contributed by atoms with Crippen LogP contribution in [0.2, 0.25) is 0 Å². The van der Waals surface area contributed by atoms with Crippen molar-refractivity contribution < 1.29 is 26.9 Å². The number of hydrogen-bond donors (Lipinski definition) is 0. The molecule has 1 heterocycles. The van der Waals surface area contributed by atoms with Crippen molar-refractivity contribution in [3.8, 4) is 0 Å². The van der Waals surface area contributed by atoms with E-state index in [0.29, 0.717) is 12.1 Å². The monoisotopic (exact) mass is 323 g/mol. The van der Waals surface area contributed by atoms with Gasteiger partial charge in [-0.05, 0) is 6.08 Å². The molecule has 0 amide bonds. The minimum Gasteiger partial charge on any atom is -0.353 e. The molecule has 10 heteroatoms. The summed E-state index contributed by atoms with van der Waals surface area (Å²) in [6, 6.07) is 1.02. The molecule has 5 nitrogen and oxygen atoms in total. The summed E-state index contributed by atoms with van der Waals surface area (Å²) in [7, 11) is 1.16. The number of nitrogens with zero attached hydrogens (tertiary/aromatic N) is 3. The summed E-state index contributed by atoms with van der Waals surface area (Å²) >= 11 is 0. The van der Waals surface area contributed by atoms with Crippen LogP contribution in [-0.4, -0.2) is 36.3 Å². The highest BCUT2D eigenvalue weighted by Gasteiger charge is 2.38. The van der Waals surface area contributed by atoms with Crippen molar-refractivity contribution in [1.82, 2.24) is 4.90 Å². The molecular weight excluding hydrogens is 313 g/mol. The Hall–Kier alpha value is -2.39. The van der Waals surface area contributed by atoms with Gasteiger partial charge in [0.05, 0.1) is 23.3 Å². The predicted molar refractivity (Wildman–Crippen MR) is 67.1 cm³/mol. The van der Waals surface area contributed by atoms with Crippen molar-refractivity contribution in [3.63, 3.8) is 0 Å². The fraction of sp³-hybridized carbons (Fsp3) is 0.333. The molecular formula is C12H10F5N3O2. The van der Waals surface area contributed by atoms with Gasteiger partial charge in [0.1, 0.15) is 5.70 Å². The molecule has 0 fully saturated rings. The summed E-state index contributed by atoms with van der Waals surface area (Å²) < 4.78 is 65.4. The lowest BCUT2D eigenvalue weighted by atomic mass is 10.2. The Morgan fingerprint density at radius 2 is 1.86 bits per heavy atom. The fourth-order valence-electron chi connectivity index (χ4n) is 2.16. The van der Waals surface area contributed by atoms with Gasteiger partial charge in [-0.25, -0.2) is 4.39 Å². The topological polar surface area (TPSA) is 49.6 Å². The molecule has 1 aromatic carbocycles. The Labute approximate surface area is 121 Å². The standard InChI is InChI=1S/C12H10F5N3O2/c1-18-6-19(3-2-11(18)12(15,16)17)9-4-8(14)10(20(21)22)5-7(9)13/h2,4-5H,3,6H2,1H3. The second kappa shape index (κ2) is 5.43. The molecule has 22 heavy (non-hydrogen) atoms. The smallest absolute Gasteiger partial charge is 0.353 e. The minimum atomic E-state index is -4.54. The molecule has 120 valence electrons. The lowest BCUT2D eigenvalue weighted by Crippen LogP contribution is -2.43. The number of hydrogen-bond acceptors (Lipinski definition) is 4. The van der Waals surface area contributed by atoms with Crippen LogP contribution in [0.4, 0.5) is 33.3 Å². The number of halogens is 5. The first-order valence-corrected chi connectivity index (χ1v) is 5.98. The van der Waals surface area contributed by atoms with Crippen molar-refractivity contribution in [2.24, 2.45) is 0 Å². The fourth-order valence-corrected chi connectivity index (χ4v) is 2.16. The van der Waals surface area contributed by atoms with Gasteiger partial charge in [0, 0.05) is 19.7 Å². The van der Waals surface area contributed by atoms with Gasteiger partial charge in [0.2, 0.25) is 5.82 Å². The van der Waals surface area contributed by atoms with Gasteiger partial charge < -0.3 is 9.80 Å². The van der Waals surface area contributed by atoms with Gasteiger partial charge in [-0.3, -0.25) is 10.1 Å². The predicted octanol–water partition coefficient (Wildman–Crippen LogP) is 3.03. The van der Waals surface area contributed by atoms with E-state index in [4.69, 9.17) is 0 Å². The van der Waals surface area contributed by atoms with Crippen LogP contribution in [0, 0.1) is 21.7 Å². The highest BCUT2D eigenvalue weighted by molar-refractivity contribution is 5.54. The molecule has 0 saturated carbocycles. The number of rotatable bonds is 2. The van der Waals surface area contributed by atoms with Gasteiger partial charge in [-0.2, -0.15) is 17.6 Å². The molecule has 0 aliphatic carbocycles. The quantitative estimate of drug-likeness (QED) is 0.477. The molecule has 0 atom stereocenters. The highest BCUT2D eigenvalue weighted by atomic mass is 19.4. The Morgan fingerprint density at radius 3 is 2.36 bits per heavy atom. The molecule has 0 N–H and O–H groups in total. The first-order chi connectivity index (χ1) is 10.1. The van der Waals surface area contributed by atoms with Crippen LogP contribution in [0.5, 0.6) is 0 Å². The number of alkyl halides is 3. The van der Waals surface area contributed by atoms with E-state index in [9.17, 15) is 32.1 Å². The first kappa shape index (κ1) is 16.0. The third kappa shape index (κ3) is 2.95. The minimum absolute atomic E-state index is 0.298. The second-order valence-electron chi connectivity index (χ2n) is 4.66. The molecule has 0 unspecified atom stereocenters. The highest BCUT2D eigenvalue weighted by Crippen LogP contribution is 2.33. The number of anilines is 1. The molecule has 1 aliphatic rings. The first-order valence-electron chi connectivity index (χ1n) is 5.98. The molecule has 0 saturated heterocycles. The Bertz CT molecular complexity index is 644. The lowest BCUT2D eigenvalue weighted by molar-refractivity contribution is -0.387. The third-order valence-electron chi connectivity index (χ3n) is 3.14. The van der Waals surface area contributed by atoms with E-state index in [1.807, 2.05) is 0 Å². The molecule has 0 aromatic heterocycles. The van der Waals surface area contributed by atoms with E-state index in [2.05, 4.69) is 0 Å². The maximum absolute atomic E-state index is 13.9. The molecule has 1 aliphatic heterocycles. The zero-order valence-electron chi connectivity index (χ0n) is 11.2. The number of nitro benzene ring substituents is 1. The van der Waals surface area contributed by atoms with Crippen molar-refractivity contribution in [2.45, 2.75) is 6.18 Å². The van der Waals surface area contributed by atoms with E-state index >= 15 is 0 Å². The molecule has 0 bridgehead atoms. The Morgan fingerprint density at radius 1 is 1.23 bits per heavy atom. The van der Waals surface area contributed by atoms with Crippen LogP contribution >= 0.6 is 0 Å². The average Bonchev–Trinajstić information content (AvgIpc) is 2.39. The maximum atomic E-state index is 13.9. The Balaban J connectivity index is 2.34. The van der Waals surface area contributed by atoms with Crippen molar-refractivity contribution >= 4 is 11.4 Å². The van der Waals surface area contributed by atoms with Crippen LogP contribution in [0.15, 0.2) is 23.9 Å². The second-order valence-corrected chi connectivity index (χ2v) is 4.66. The van der Waals surface area contributed by atoms with E-state index < -0.39 is 34.1 Å². The summed E-state index contributed by atoms with van der Waals surface area (Å²) in [6.07, 6.45) is -3.71. The molecule has 0 radical (unpaired) electrons. The maximum Gasteiger partial charge on any atom is 0.430 e. The van der Waals surface area contributed by atoms with Crippen LogP contribution < -0.4 is 4.90 Å². The third-order valence-corrected chi connectivity index (χ3v) is 3.14. The van der Waals surface area contributed by atoms with Gasteiger partial charge in [-0.15, -0.1) is 0 Å². The van der Waals surface area contributed by atoms with Gasteiger partial charge in [-0.1, -0.05) is 0 Å². The van der Waals surface area contributed by atoms with Crippen LogP contribution in [0.3, 0.4) is 0 Å². The Kier molecular flexibility index (Phi) is 3.94. The number of allylic oxidation sites excluding steroid dienone is 1.